The number of halogens is 1. The first kappa shape index (κ1) is 10.9. The van der Waals surface area contributed by atoms with Gasteiger partial charge in [0.25, 0.3) is 5.69 Å². The van der Waals surface area contributed by atoms with Gasteiger partial charge in [-0.2, -0.15) is 0 Å². The van der Waals surface area contributed by atoms with Crippen molar-refractivity contribution in [2.24, 2.45) is 5.73 Å². The third kappa shape index (κ3) is 2.65. The molecule has 0 radical (unpaired) electrons. The summed E-state index contributed by atoms with van der Waals surface area (Å²) < 4.78 is 0.479. The number of hydrogen-bond donors (Lipinski definition) is 1. The standard InChI is InChI=1S/C9H9BrN2O2/c10-8-4-3-7(2-1-5-11)6-9(8)12(13)14/h1-4,6H,5,11H2. The van der Waals surface area contributed by atoms with Crippen molar-refractivity contribution in [1.82, 2.24) is 0 Å². The van der Waals surface area contributed by atoms with E-state index in [1.165, 1.54) is 6.07 Å². The first-order valence-electron chi connectivity index (χ1n) is 3.95. The molecule has 14 heavy (non-hydrogen) atoms. The summed E-state index contributed by atoms with van der Waals surface area (Å²) in [5.41, 5.74) is 6.10. The zero-order chi connectivity index (χ0) is 10.6. The highest BCUT2D eigenvalue weighted by molar-refractivity contribution is 9.10. The minimum absolute atomic E-state index is 0.0594. The van der Waals surface area contributed by atoms with Crippen molar-refractivity contribution in [3.8, 4) is 0 Å². The molecule has 5 heteroatoms. The van der Waals surface area contributed by atoms with Crippen molar-refractivity contribution in [3.63, 3.8) is 0 Å². The van der Waals surface area contributed by atoms with Gasteiger partial charge in [0.2, 0.25) is 0 Å². The molecule has 0 amide bonds. The van der Waals surface area contributed by atoms with Crippen LogP contribution in [0.5, 0.6) is 0 Å². The van der Waals surface area contributed by atoms with Crippen molar-refractivity contribution in [2.75, 3.05) is 6.54 Å². The van der Waals surface area contributed by atoms with Crippen LogP contribution in [0.1, 0.15) is 5.56 Å². The Bertz CT molecular complexity index is 377. The average molecular weight is 257 g/mol. The Labute approximate surface area is 89.7 Å². The lowest BCUT2D eigenvalue weighted by atomic mass is 10.2. The summed E-state index contributed by atoms with van der Waals surface area (Å²) in [7, 11) is 0. The van der Waals surface area contributed by atoms with Crippen LogP contribution in [0.3, 0.4) is 0 Å². The summed E-state index contributed by atoms with van der Waals surface area (Å²) in [6.07, 6.45) is 3.49. The number of hydrogen-bond acceptors (Lipinski definition) is 3. The Morgan fingerprint density at radius 3 is 2.86 bits per heavy atom. The molecule has 2 N–H and O–H groups in total. The fraction of sp³-hybridized carbons (Fsp3) is 0.111. The highest BCUT2D eigenvalue weighted by Crippen LogP contribution is 2.25. The van der Waals surface area contributed by atoms with E-state index in [1.54, 1.807) is 24.3 Å². The third-order valence-corrected chi connectivity index (χ3v) is 2.28. The quantitative estimate of drug-likeness (QED) is 0.667. The second kappa shape index (κ2) is 4.88. The van der Waals surface area contributed by atoms with Crippen LogP contribution in [0.2, 0.25) is 0 Å². The molecular formula is C9H9BrN2O2. The van der Waals surface area contributed by atoms with Gasteiger partial charge in [-0.3, -0.25) is 10.1 Å². The van der Waals surface area contributed by atoms with Crippen LogP contribution in [-0.2, 0) is 0 Å². The lowest BCUT2D eigenvalue weighted by Gasteiger charge is -1.97. The van der Waals surface area contributed by atoms with Crippen LogP contribution < -0.4 is 5.73 Å². The summed E-state index contributed by atoms with van der Waals surface area (Å²) in [5, 5.41) is 10.6. The molecule has 0 atom stereocenters. The van der Waals surface area contributed by atoms with Crippen LogP contribution in [0.4, 0.5) is 5.69 Å². The normalized spacial score (nSPS) is 10.7. The zero-order valence-corrected chi connectivity index (χ0v) is 8.90. The van der Waals surface area contributed by atoms with Crippen molar-refractivity contribution >= 4 is 27.7 Å². The van der Waals surface area contributed by atoms with E-state index in [-0.39, 0.29) is 5.69 Å². The zero-order valence-electron chi connectivity index (χ0n) is 7.31. The molecule has 0 fully saturated rings. The van der Waals surface area contributed by atoms with Gasteiger partial charge in [0.05, 0.1) is 9.40 Å². The summed E-state index contributed by atoms with van der Waals surface area (Å²) in [5.74, 6) is 0. The Morgan fingerprint density at radius 2 is 2.29 bits per heavy atom. The van der Waals surface area contributed by atoms with Crippen LogP contribution in [-0.4, -0.2) is 11.5 Å². The SMILES string of the molecule is NCC=Cc1ccc(Br)c([N+](=O)[O-])c1. The smallest absolute Gasteiger partial charge is 0.284 e. The minimum atomic E-state index is -0.427. The summed E-state index contributed by atoms with van der Waals surface area (Å²) in [4.78, 5) is 10.1. The number of benzene rings is 1. The topological polar surface area (TPSA) is 69.2 Å². The molecule has 0 aliphatic heterocycles. The average Bonchev–Trinajstić information content (AvgIpc) is 2.16. The molecule has 0 spiro atoms. The van der Waals surface area contributed by atoms with E-state index in [4.69, 9.17) is 5.73 Å². The monoisotopic (exact) mass is 256 g/mol. The van der Waals surface area contributed by atoms with E-state index < -0.39 is 4.92 Å². The number of rotatable bonds is 3. The van der Waals surface area contributed by atoms with Crippen LogP contribution in [0.25, 0.3) is 6.08 Å². The lowest BCUT2D eigenvalue weighted by Crippen LogP contribution is -1.92. The fourth-order valence-electron chi connectivity index (χ4n) is 0.977. The van der Waals surface area contributed by atoms with Gasteiger partial charge in [0.1, 0.15) is 0 Å². The predicted molar refractivity (Wildman–Crippen MR) is 58.9 cm³/mol. The lowest BCUT2D eigenvalue weighted by molar-refractivity contribution is -0.385. The van der Waals surface area contributed by atoms with E-state index in [0.29, 0.717) is 11.0 Å². The van der Waals surface area contributed by atoms with Gasteiger partial charge in [-0.15, -0.1) is 0 Å². The summed E-state index contributed by atoms with van der Waals surface area (Å²) in [6.45, 7) is 0.420. The molecule has 0 aromatic heterocycles. The van der Waals surface area contributed by atoms with E-state index in [0.717, 1.165) is 5.56 Å². The number of nitro groups is 1. The van der Waals surface area contributed by atoms with E-state index in [2.05, 4.69) is 15.9 Å². The van der Waals surface area contributed by atoms with Gasteiger partial charge in [-0.25, -0.2) is 0 Å². The van der Waals surface area contributed by atoms with Gasteiger partial charge in [-0.1, -0.05) is 18.2 Å². The van der Waals surface area contributed by atoms with Gasteiger partial charge in [0, 0.05) is 12.6 Å². The van der Waals surface area contributed by atoms with Gasteiger partial charge in [0.15, 0.2) is 0 Å². The molecule has 1 rings (SSSR count). The molecule has 0 aliphatic carbocycles. The van der Waals surface area contributed by atoms with Gasteiger partial charge >= 0.3 is 0 Å². The predicted octanol–water partition coefficient (Wildman–Crippen LogP) is 2.33. The molecule has 1 aromatic carbocycles. The van der Waals surface area contributed by atoms with Crippen LogP contribution >= 0.6 is 15.9 Å². The highest BCUT2D eigenvalue weighted by atomic mass is 79.9. The maximum Gasteiger partial charge on any atom is 0.284 e. The molecule has 4 nitrogen and oxygen atoms in total. The van der Waals surface area contributed by atoms with Crippen molar-refractivity contribution in [2.45, 2.75) is 0 Å². The molecule has 0 bridgehead atoms. The Morgan fingerprint density at radius 1 is 1.57 bits per heavy atom. The molecule has 0 aliphatic rings. The molecule has 0 unspecified atom stereocenters. The molecular weight excluding hydrogens is 248 g/mol. The maximum absolute atomic E-state index is 10.6. The van der Waals surface area contributed by atoms with E-state index >= 15 is 0 Å². The summed E-state index contributed by atoms with van der Waals surface area (Å²) in [6, 6.07) is 4.92. The van der Waals surface area contributed by atoms with Crippen LogP contribution in [0.15, 0.2) is 28.7 Å². The maximum atomic E-state index is 10.6. The van der Waals surface area contributed by atoms with Crippen molar-refractivity contribution in [1.29, 1.82) is 0 Å². The summed E-state index contributed by atoms with van der Waals surface area (Å²) >= 11 is 3.11. The first-order chi connectivity index (χ1) is 6.65. The van der Waals surface area contributed by atoms with Gasteiger partial charge in [-0.05, 0) is 27.6 Å². The van der Waals surface area contributed by atoms with Gasteiger partial charge < -0.3 is 5.73 Å². The van der Waals surface area contributed by atoms with Crippen molar-refractivity contribution in [3.05, 3.63) is 44.4 Å². The molecule has 0 saturated carbocycles. The fourth-order valence-corrected chi connectivity index (χ4v) is 1.37. The third-order valence-electron chi connectivity index (χ3n) is 1.61. The number of nitrogens with two attached hydrogens (primary N) is 1. The van der Waals surface area contributed by atoms with E-state index in [1.807, 2.05) is 0 Å². The molecule has 1 aromatic rings. The highest BCUT2D eigenvalue weighted by Gasteiger charge is 2.10. The molecule has 0 saturated heterocycles. The van der Waals surface area contributed by atoms with Crippen LogP contribution in [0, 0.1) is 10.1 Å². The largest absolute Gasteiger partial charge is 0.327 e. The Balaban J connectivity index is 3.06. The number of nitrogens with zero attached hydrogens (tertiary/aromatic N) is 1. The molecule has 0 heterocycles. The first-order valence-corrected chi connectivity index (χ1v) is 4.75. The second-order valence-electron chi connectivity index (χ2n) is 2.61. The second-order valence-corrected chi connectivity index (χ2v) is 3.46. The van der Waals surface area contributed by atoms with Crippen molar-refractivity contribution < 1.29 is 4.92 Å². The Kier molecular flexibility index (Phi) is 3.79. The van der Waals surface area contributed by atoms with E-state index in [9.17, 15) is 10.1 Å². The molecule has 74 valence electrons. The minimum Gasteiger partial charge on any atom is -0.327 e. The Hall–Kier alpha value is -1.20. The number of nitro benzene ring substituents is 1.